The van der Waals surface area contributed by atoms with Gasteiger partial charge in [-0.05, 0) is 23.5 Å². The summed E-state index contributed by atoms with van der Waals surface area (Å²) < 4.78 is 11.1. The van der Waals surface area contributed by atoms with Crippen LogP contribution in [0.3, 0.4) is 0 Å². The second kappa shape index (κ2) is 5.47. The molecule has 114 valence electrons. The number of fused-ring (bicyclic) bond motifs is 1. The van der Waals surface area contributed by atoms with E-state index in [-0.39, 0.29) is 5.91 Å². The van der Waals surface area contributed by atoms with Crippen molar-refractivity contribution in [3.63, 3.8) is 0 Å². The van der Waals surface area contributed by atoms with Gasteiger partial charge in [0.05, 0.1) is 0 Å². The zero-order chi connectivity index (χ0) is 15.0. The molecule has 0 bridgehead atoms. The predicted octanol–water partition coefficient (Wildman–Crippen LogP) is 2.04. The van der Waals surface area contributed by atoms with Crippen LogP contribution in [-0.2, 0) is 11.3 Å². The third kappa shape index (κ3) is 2.77. The van der Waals surface area contributed by atoms with Gasteiger partial charge >= 0.3 is 0 Å². The summed E-state index contributed by atoms with van der Waals surface area (Å²) in [5, 5.41) is 0. The Labute approximate surface area is 125 Å². The molecule has 1 fully saturated rings. The molecular formula is C16H22N2O3. The van der Waals surface area contributed by atoms with Crippen LogP contribution in [-0.4, -0.2) is 30.6 Å². The molecule has 1 unspecified atom stereocenters. The van der Waals surface area contributed by atoms with E-state index in [1.54, 1.807) is 6.07 Å². The summed E-state index contributed by atoms with van der Waals surface area (Å²) in [4.78, 5) is 14.0. The number of nitrogen functional groups attached to an aromatic ring is 1. The fourth-order valence-corrected chi connectivity index (χ4v) is 2.89. The zero-order valence-electron chi connectivity index (χ0n) is 12.6. The van der Waals surface area contributed by atoms with Gasteiger partial charge < -0.3 is 20.1 Å². The molecule has 0 aromatic heterocycles. The lowest BCUT2D eigenvalue weighted by Gasteiger charge is -2.23. The number of hydrogen-bond donors (Lipinski definition) is 1. The molecule has 1 aromatic carbocycles. The first-order chi connectivity index (χ1) is 10.0. The van der Waals surface area contributed by atoms with E-state index in [1.807, 2.05) is 11.0 Å². The first kappa shape index (κ1) is 14.0. The maximum atomic E-state index is 12.1. The van der Waals surface area contributed by atoms with E-state index in [2.05, 4.69) is 13.8 Å². The number of benzene rings is 1. The minimum Gasteiger partial charge on any atom is -0.486 e. The van der Waals surface area contributed by atoms with Crippen LogP contribution in [0.4, 0.5) is 5.69 Å². The molecular weight excluding hydrogens is 268 g/mol. The number of ether oxygens (including phenoxy) is 2. The van der Waals surface area contributed by atoms with Gasteiger partial charge in [-0.15, -0.1) is 0 Å². The highest BCUT2D eigenvalue weighted by Crippen LogP contribution is 2.36. The molecule has 1 aromatic rings. The molecule has 1 saturated heterocycles. The van der Waals surface area contributed by atoms with Gasteiger partial charge in [0.2, 0.25) is 5.91 Å². The quantitative estimate of drug-likeness (QED) is 0.865. The van der Waals surface area contributed by atoms with E-state index in [1.165, 1.54) is 0 Å². The van der Waals surface area contributed by atoms with Gasteiger partial charge in [-0.2, -0.15) is 0 Å². The highest BCUT2D eigenvalue weighted by Gasteiger charge is 2.31. The van der Waals surface area contributed by atoms with Crippen LogP contribution >= 0.6 is 0 Å². The van der Waals surface area contributed by atoms with Gasteiger partial charge in [-0.3, -0.25) is 4.79 Å². The Kier molecular flexibility index (Phi) is 3.66. The van der Waals surface area contributed by atoms with Crippen molar-refractivity contribution < 1.29 is 14.3 Å². The molecule has 0 aliphatic carbocycles. The number of carbonyl (C=O) groups is 1. The van der Waals surface area contributed by atoms with Crippen molar-refractivity contribution in [1.82, 2.24) is 4.90 Å². The van der Waals surface area contributed by atoms with Crippen molar-refractivity contribution in [3.05, 3.63) is 17.7 Å². The lowest BCUT2D eigenvalue weighted by atomic mass is 9.95. The maximum absolute atomic E-state index is 12.1. The summed E-state index contributed by atoms with van der Waals surface area (Å²) in [5.74, 6) is 2.59. The molecule has 2 aliphatic rings. The van der Waals surface area contributed by atoms with Gasteiger partial charge in [-0.1, -0.05) is 13.8 Å². The normalized spacial score (nSPS) is 21.2. The van der Waals surface area contributed by atoms with Crippen LogP contribution in [0.2, 0.25) is 0 Å². The Morgan fingerprint density at radius 3 is 2.57 bits per heavy atom. The third-order valence-electron chi connectivity index (χ3n) is 4.35. The van der Waals surface area contributed by atoms with Gasteiger partial charge in [-0.25, -0.2) is 0 Å². The van der Waals surface area contributed by atoms with Crippen molar-refractivity contribution in [2.75, 3.05) is 25.5 Å². The lowest BCUT2D eigenvalue weighted by Crippen LogP contribution is -2.26. The average Bonchev–Trinajstić information content (AvgIpc) is 2.81. The van der Waals surface area contributed by atoms with Gasteiger partial charge in [0, 0.05) is 31.3 Å². The SMILES string of the molecule is CC(C)C1CC(=O)N(Cc2cc3c(cc2N)OCCO3)C1. The minimum atomic E-state index is 0.211. The van der Waals surface area contributed by atoms with Gasteiger partial charge in [0.15, 0.2) is 11.5 Å². The Hall–Kier alpha value is -1.91. The highest BCUT2D eigenvalue weighted by molar-refractivity contribution is 5.79. The number of nitrogens with zero attached hydrogens (tertiary/aromatic N) is 1. The summed E-state index contributed by atoms with van der Waals surface area (Å²) in [6, 6.07) is 3.70. The molecule has 21 heavy (non-hydrogen) atoms. The van der Waals surface area contributed by atoms with Crippen LogP contribution in [0.15, 0.2) is 12.1 Å². The van der Waals surface area contributed by atoms with Crippen LogP contribution < -0.4 is 15.2 Å². The monoisotopic (exact) mass is 290 g/mol. The summed E-state index contributed by atoms with van der Waals surface area (Å²) in [6.45, 7) is 6.79. The molecule has 5 nitrogen and oxygen atoms in total. The third-order valence-corrected chi connectivity index (χ3v) is 4.35. The molecule has 0 spiro atoms. The van der Waals surface area contributed by atoms with Crippen molar-refractivity contribution in [2.24, 2.45) is 11.8 Å². The Bertz CT molecular complexity index is 557. The molecule has 2 N–H and O–H groups in total. The van der Waals surface area contributed by atoms with E-state index in [0.717, 1.165) is 17.9 Å². The van der Waals surface area contributed by atoms with Crippen LogP contribution in [0.1, 0.15) is 25.8 Å². The number of amides is 1. The number of carbonyl (C=O) groups excluding carboxylic acids is 1. The minimum absolute atomic E-state index is 0.211. The first-order valence-corrected chi connectivity index (χ1v) is 7.50. The summed E-state index contributed by atoms with van der Waals surface area (Å²) in [7, 11) is 0. The molecule has 5 heteroatoms. The van der Waals surface area contributed by atoms with Crippen molar-refractivity contribution >= 4 is 11.6 Å². The number of hydrogen-bond acceptors (Lipinski definition) is 4. The lowest BCUT2D eigenvalue weighted by molar-refractivity contribution is -0.128. The standard InChI is InChI=1S/C16H22N2O3/c1-10(2)11-6-16(19)18(8-11)9-12-5-14-15(7-13(12)17)21-4-3-20-14/h5,7,10-11H,3-4,6,8-9,17H2,1-2H3. The Morgan fingerprint density at radius 1 is 1.29 bits per heavy atom. The second-order valence-electron chi connectivity index (χ2n) is 6.18. The second-order valence-corrected chi connectivity index (χ2v) is 6.18. The van der Waals surface area contributed by atoms with Gasteiger partial charge in [0.25, 0.3) is 0 Å². The number of anilines is 1. The summed E-state index contributed by atoms with van der Waals surface area (Å²) >= 11 is 0. The Balaban J connectivity index is 1.77. The summed E-state index contributed by atoms with van der Waals surface area (Å²) in [6.07, 6.45) is 0.641. The van der Waals surface area contributed by atoms with E-state index >= 15 is 0 Å². The molecule has 2 aliphatic heterocycles. The highest BCUT2D eigenvalue weighted by atomic mass is 16.6. The van der Waals surface area contributed by atoms with E-state index in [0.29, 0.717) is 49.5 Å². The molecule has 0 saturated carbocycles. The average molecular weight is 290 g/mol. The molecule has 2 heterocycles. The largest absolute Gasteiger partial charge is 0.486 e. The predicted molar refractivity (Wildman–Crippen MR) is 80.2 cm³/mol. The van der Waals surface area contributed by atoms with Crippen molar-refractivity contribution in [2.45, 2.75) is 26.8 Å². The van der Waals surface area contributed by atoms with E-state index in [9.17, 15) is 4.79 Å². The number of likely N-dealkylation sites (tertiary alicyclic amines) is 1. The maximum Gasteiger partial charge on any atom is 0.223 e. The van der Waals surface area contributed by atoms with Crippen LogP contribution in [0.5, 0.6) is 11.5 Å². The number of nitrogens with two attached hydrogens (primary N) is 1. The molecule has 0 radical (unpaired) electrons. The fraction of sp³-hybridized carbons (Fsp3) is 0.562. The topological polar surface area (TPSA) is 64.8 Å². The smallest absolute Gasteiger partial charge is 0.223 e. The molecule has 1 atom stereocenters. The Morgan fingerprint density at radius 2 is 1.95 bits per heavy atom. The van der Waals surface area contributed by atoms with E-state index in [4.69, 9.17) is 15.2 Å². The van der Waals surface area contributed by atoms with Gasteiger partial charge in [0.1, 0.15) is 13.2 Å². The van der Waals surface area contributed by atoms with Crippen molar-refractivity contribution in [1.29, 1.82) is 0 Å². The zero-order valence-corrected chi connectivity index (χ0v) is 12.6. The summed E-state index contributed by atoms with van der Waals surface area (Å²) in [5.41, 5.74) is 7.67. The van der Waals surface area contributed by atoms with E-state index < -0.39 is 0 Å². The molecule has 1 amide bonds. The van der Waals surface area contributed by atoms with Crippen LogP contribution in [0.25, 0.3) is 0 Å². The van der Waals surface area contributed by atoms with Crippen molar-refractivity contribution in [3.8, 4) is 11.5 Å². The molecule has 3 rings (SSSR count). The fourth-order valence-electron chi connectivity index (χ4n) is 2.89. The van der Waals surface area contributed by atoms with Crippen LogP contribution in [0, 0.1) is 11.8 Å². The first-order valence-electron chi connectivity index (χ1n) is 7.50. The number of rotatable bonds is 3.